The third kappa shape index (κ3) is 5.51. The summed E-state index contributed by atoms with van der Waals surface area (Å²) >= 11 is 0. The van der Waals surface area contributed by atoms with Crippen LogP contribution < -0.4 is 5.32 Å². The average molecular weight is 393 g/mol. The van der Waals surface area contributed by atoms with Crippen molar-refractivity contribution in [2.24, 2.45) is 4.99 Å². The van der Waals surface area contributed by atoms with Gasteiger partial charge in [-0.2, -0.15) is 0 Å². The molecule has 146 valence electrons. The molecule has 0 bridgehead atoms. The standard InChI is InChI=1S/C19H25FN4O2S/c1-21-19(24(4)14-16-5-9-17(20)10-6-16)22-13-15-7-11-18(12-8-15)27(25,26)23(2)3/h5-12H,13-14H2,1-4H3,(H,21,22). The maximum Gasteiger partial charge on any atom is 0.242 e. The van der Waals surface area contributed by atoms with Crippen molar-refractivity contribution in [3.8, 4) is 0 Å². The maximum absolute atomic E-state index is 13.0. The zero-order chi connectivity index (χ0) is 20.0. The van der Waals surface area contributed by atoms with E-state index in [2.05, 4.69) is 10.3 Å². The number of benzene rings is 2. The van der Waals surface area contributed by atoms with E-state index in [1.54, 1.807) is 43.4 Å². The molecular formula is C19H25FN4O2S. The van der Waals surface area contributed by atoms with Crippen LogP contribution in [0.15, 0.2) is 58.4 Å². The van der Waals surface area contributed by atoms with Gasteiger partial charge >= 0.3 is 0 Å². The van der Waals surface area contributed by atoms with E-state index < -0.39 is 10.0 Å². The number of halogens is 1. The molecule has 0 unspecified atom stereocenters. The summed E-state index contributed by atoms with van der Waals surface area (Å²) in [7, 11) is 3.17. The molecule has 1 N–H and O–H groups in total. The van der Waals surface area contributed by atoms with E-state index in [4.69, 9.17) is 0 Å². The number of aliphatic imine (C=N–C) groups is 1. The highest BCUT2D eigenvalue weighted by Gasteiger charge is 2.16. The van der Waals surface area contributed by atoms with Gasteiger partial charge in [0.15, 0.2) is 5.96 Å². The lowest BCUT2D eigenvalue weighted by Crippen LogP contribution is -2.38. The highest BCUT2D eigenvalue weighted by molar-refractivity contribution is 7.89. The van der Waals surface area contributed by atoms with E-state index in [0.29, 0.717) is 19.0 Å². The van der Waals surface area contributed by atoms with Crippen molar-refractivity contribution in [1.82, 2.24) is 14.5 Å². The highest BCUT2D eigenvalue weighted by atomic mass is 32.2. The van der Waals surface area contributed by atoms with E-state index in [1.807, 2.05) is 11.9 Å². The van der Waals surface area contributed by atoms with Crippen molar-refractivity contribution in [2.45, 2.75) is 18.0 Å². The summed E-state index contributed by atoms with van der Waals surface area (Å²) in [4.78, 5) is 6.44. The summed E-state index contributed by atoms with van der Waals surface area (Å²) in [6, 6.07) is 13.1. The van der Waals surface area contributed by atoms with Crippen molar-refractivity contribution < 1.29 is 12.8 Å². The predicted molar refractivity (Wildman–Crippen MR) is 105 cm³/mol. The van der Waals surface area contributed by atoms with Crippen LogP contribution >= 0.6 is 0 Å². The van der Waals surface area contributed by atoms with E-state index in [1.165, 1.54) is 30.5 Å². The molecule has 0 aliphatic heterocycles. The molecule has 6 nitrogen and oxygen atoms in total. The second-order valence-corrected chi connectivity index (χ2v) is 8.47. The zero-order valence-corrected chi connectivity index (χ0v) is 16.8. The second kappa shape index (κ2) is 8.96. The van der Waals surface area contributed by atoms with Crippen molar-refractivity contribution in [3.05, 3.63) is 65.5 Å². The van der Waals surface area contributed by atoms with Crippen LogP contribution in [0, 0.1) is 5.82 Å². The SMILES string of the molecule is CN=C(NCc1ccc(S(=O)(=O)N(C)C)cc1)N(C)Cc1ccc(F)cc1. The van der Waals surface area contributed by atoms with E-state index >= 15 is 0 Å². The Kier molecular flexibility index (Phi) is 6.92. The maximum atomic E-state index is 13.0. The Balaban J connectivity index is 1.98. The molecule has 0 aliphatic carbocycles. The quantitative estimate of drug-likeness (QED) is 0.605. The van der Waals surface area contributed by atoms with E-state index in [-0.39, 0.29) is 10.7 Å². The van der Waals surface area contributed by atoms with Crippen molar-refractivity contribution in [2.75, 3.05) is 28.2 Å². The largest absolute Gasteiger partial charge is 0.352 e. The number of nitrogens with one attached hydrogen (secondary N) is 1. The summed E-state index contributed by atoms with van der Waals surface area (Å²) in [6.45, 7) is 1.09. The minimum atomic E-state index is -3.43. The fourth-order valence-corrected chi connectivity index (χ4v) is 3.40. The monoisotopic (exact) mass is 392 g/mol. The third-order valence-corrected chi connectivity index (χ3v) is 5.89. The molecule has 27 heavy (non-hydrogen) atoms. The van der Waals surface area contributed by atoms with Gasteiger partial charge < -0.3 is 10.2 Å². The Bertz CT molecular complexity index is 879. The first-order chi connectivity index (χ1) is 12.7. The number of nitrogens with zero attached hydrogens (tertiary/aromatic N) is 3. The number of hydrogen-bond acceptors (Lipinski definition) is 3. The molecular weight excluding hydrogens is 367 g/mol. The smallest absolute Gasteiger partial charge is 0.242 e. The van der Waals surface area contributed by atoms with Gasteiger partial charge in [0.1, 0.15) is 5.82 Å². The van der Waals surface area contributed by atoms with Gasteiger partial charge in [0, 0.05) is 41.3 Å². The molecule has 0 amide bonds. The molecule has 2 rings (SSSR count). The second-order valence-electron chi connectivity index (χ2n) is 6.31. The van der Waals surface area contributed by atoms with Crippen LogP contribution in [0.5, 0.6) is 0 Å². The molecule has 2 aromatic rings. The third-order valence-electron chi connectivity index (χ3n) is 4.06. The van der Waals surface area contributed by atoms with Crippen molar-refractivity contribution >= 4 is 16.0 Å². The van der Waals surface area contributed by atoms with Crippen LogP contribution in [0.25, 0.3) is 0 Å². The Morgan fingerprint density at radius 1 is 1.00 bits per heavy atom. The molecule has 0 aliphatic rings. The molecule has 8 heteroatoms. The van der Waals surface area contributed by atoms with Gasteiger partial charge in [-0.25, -0.2) is 17.1 Å². The van der Waals surface area contributed by atoms with Crippen LogP contribution in [0.3, 0.4) is 0 Å². The lowest BCUT2D eigenvalue weighted by atomic mass is 10.2. The summed E-state index contributed by atoms with van der Waals surface area (Å²) in [5, 5.41) is 3.24. The van der Waals surface area contributed by atoms with Gasteiger partial charge in [0.25, 0.3) is 0 Å². The predicted octanol–water partition coefficient (Wildman–Crippen LogP) is 2.28. The fraction of sp³-hybridized carbons (Fsp3) is 0.316. The van der Waals surface area contributed by atoms with Gasteiger partial charge in [-0.15, -0.1) is 0 Å². The fourth-order valence-electron chi connectivity index (χ4n) is 2.49. The Labute approximate surface area is 160 Å². The molecule has 0 aromatic heterocycles. The molecule has 0 spiro atoms. The summed E-state index contributed by atoms with van der Waals surface area (Å²) in [5.74, 6) is 0.424. The first-order valence-corrected chi connectivity index (χ1v) is 9.85. The van der Waals surface area contributed by atoms with Gasteiger partial charge in [-0.1, -0.05) is 24.3 Å². The summed E-state index contributed by atoms with van der Waals surface area (Å²) in [6.07, 6.45) is 0. The number of rotatable bonds is 6. The zero-order valence-electron chi connectivity index (χ0n) is 16.0. The number of sulfonamides is 1. The topological polar surface area (TPSA) is 65.0 Å². The first-order valence-electron chi connectivity index (χ1n) is 8.41. The number of hydrogen-bond donors (Lipinski definition) is 1. The summed E-state index contributed by atoms with van der Waals surface area (Å²) < 4.78 is 38.4. The van der Waals surface area contributed by atoms with Crippen LogP contribution in [-0.2, 0) is 23.1 Å². The lowest BCUT2D eigenvalue weighted by molar-refractivity contribution is 0.476. The Morgan fingerprint density at radius 2 is 1.56 bits per heavy atom. The Hall–Kier alpha value is -2.45. The normalized spacial score (nSPS) is 12.3. The minimum Gasteiger partial charge on any atom is -0.352 e. The van der Waals surface area contributed by atoms with Crippen molar-refractivity contribution in [1.29, 1.82) is 0 Å². The molecule has 0 saturated carbocycles. The summed E-state index contributed by atoms with van der Waals surface area (Å²) in [5.41, 5.74) is 1.91. The molecule has 0 saturated heterocycles. The van der Waals surface area contributed by atoms with E-state index in [0.717, 1.165) is 11.1 Å². The van der Waals surface area contributed by atoms with Gasteiger partial charge in [0.05, 0.1) is 4.90 Å². The molecule has 2 aromatic carbocycles. The average Bonchev–Trinajstić information content (AvgIpc) is 2.64. The molecule has 0 radical (unpaired) electrons. The van der Waals surface area contributed by atoms with E-state index in [9.17, 15) is 12.8 Å². The molecule has 0 heterocycles. The van der Waals surface area contributed by atoms with Gasteiger partial charge in [-0.3, -0.25) is 4.99 Å². The first kappa shape index (κ1) is 20.9. The molecule has 0 atom stereocenters. The Morgan fingerprint density at radius 3 is 2.07 bits per heavy atom. The number of guanidine groups is 1. The minimum absolute atomic E-state index is 0.258. The van der Waals surface area contributed by atoms with Crippen LogP contribution in [0.1, 0.15) is 11.1 Å². The van der Waals surface area contributed by atoms with Gasteiger partial charge in [-0.05, 0) is 35.4 Å². The van der Waals surface area contributed by atoms with Crippen molar-refractivity contribution in [3.63, 3.8) is 0 Å². The molecule has 0 fully saturated rings. The van der Waals surface area contributed by atoms with Crippen LogP contribution in [0.4, 0.5) is 4.39 Å². The van der Waals surface area contributed by atoms with Gasteiger partial charge in [0.2, 0.25) is 10.0 Å². The highest BCUT2D eigenvalue weighted by Crippen LogP contribution is 2.14. The van der Waals surface area contributed by atoms with Crippen LogP contribution in [-0.4, -0.2) is 51.8 Å². The lowest BCUT2D eigenvalue weighted by Gasteiger charge is -2.22. The van der Waals surface area contributed by atoms with Crippen LogP contribution in [0.2, 0.25) is 0 Å².